The maximum Gasteiger partial charge on any atom is 0.205 e. The third-order valence-electron chi connectivity index (χ3n) is 2.88. The first-order chi connectivity index (χ1) is 9.49. The van der Waals surface area contributed by atoms with Crippen LogP contribution in [0.1, 0.15) is 0 Å². The van der Waals surface area contributed by atoms with Gasteiger partial charge in [-0.05, 0) is 24.3 Å². The zero-order valence-electron chi connectivity index (χ0n) is 9.87. The standard InChI is InChI=1S/C13H7Cl3FN3/c14-7-2-1-3-10-12(7)20(13(18)19-10)6-4-8(15)11(17)9(16)5-6/h1-5H,(H2,18,19). The number of nitrogens with zero attached hydrogens (tertiary/aromatic N) is 2. The third kappa shape index (κ3) is 2.00. The Morgan fingerprint density at radius 2 is 1.70 bits per heavy atom. The lowest BCUT2D eigenvalue weighted by Crippen LogP contribution is -2.01. The molecule has 7 heteroatoms. The van der Waals surface area contributed by atoms with E-state index in [-0.39, 0.29) is 16.0 Å². The number of para-hydroxylation sites is 1. The predicted molar refractivity (Wildman–Crippen MR) is 80.5 cm³/mol. The van der Waals surface area contributed by atoms with E-state index in [0.29, 0.717) is 21.7 Å². The summed E-state index contributed by atoms with van der Waals surface area (Å²) < 4.78 is 15.1. The summed E-state index contributed by atoms with van der Waals surface area (Å²) in [7, 11) is 0. The van der Waals surface area contributed by atoms with E-state index < -0.39 is 5.82 Å². The highest BCUT2D eigenvalue weighted by atomic mass is 35.5. The van der Waals surface area contributed by atoms with Crippen LogP contribution in [0, 0.1) is 5.82 Å². The number of nitrogen functional groups attached to an aromatic ring is 1. The Kier molecular flexibility index (Phi) is 3.24. The van der Waals surface area contributed by atoms with Gasteiger partial charge in [-0.1, -0.05) is 40.9 Å². The van der Waals surface area contributed by atoms with Crippen molar-refractivity contribution in [1.29, 1.82) is 0 Å². The molecule has 3 aromatic rings. The molecule has 1 heterocycles. The highest BCUT2D eigenvalue weighted by molar-refractivity contribution is 6.36. The molecular formula is C13H7Cl3FN3. The second kappa shape index (κ2) is 4.81. The molecule has 0 bridgehead atoms. The number of halogens is 4. The van der Waals surface area contributed by atoms with Crippen molar-refractivity contribution in [2.45, 2.75) is 0 Å². The summed E-state index contributed by atoms with van der Waals surface area (Å²) in [5, 5.41) is 0.282. The maximum absolute atomic E-state index is 13.5. The zero-order valence-corrected chi connectivity index (χ0v) is 12.1. The van der Waals surface area contributed by atoms with Crippen molar-refractivity contribution in [3.8, 4) is 5.69 Å². The van der Waals surface area contributed by atoms with E-state index in [4.69, 9.17) is 40.5 Å². The van der Waals surface area contributed by atoms with Crippen molar-refractivity contribution in [3.05, 3.63) is 51.2 Å². The first-order valence-electron chi connectivity index (χ1n) is 5.56. The highest BCUT2D eigenvalue weighted by Crippen LogP contribution is 2.32. The summed E-state index contributed by atoms with van der Waals surface area (Å²) in [5.74, 6) is -0.460. The Morgan fingerprint density at radius 1 is 1.05 bits per heavy atom. The Labute approximate surface area is 128 Å². The van der Waals surface area contributed by atoms with Crippen molar-refractivity contribution in [2.75, 3.05) is 5.73 Å². The lowest BCUT2D eigenvalue weighted by Gasteiger charge is -2.09. The Morgan fingerprint density at radius 3 is 2.35 bits per heavy atom. The molecule has 0 aliphatic carbocycles. The molecule has 0 spiro atoms. The van der Waals surface area contributed by atoms with Gasteiger partial charge >= 0.3 is 0 Å². The quantitative estimate of drug-likeness (QED) is 0.657. The van der Waals surface area contributed by atoms with Gasteiger partial charge in [0.05, 0.1) is 31.8 Å². The van der Waals surface area contributed by atoms with Crippen molar-refractivity contribution in [2.24, 2.45) is 0 Å². The van der Waals surface area contributed by atoms with E-state index >= 15 is 0 Å². The van der Waals surface area contributed by atoms with E-state index in [1.165, 1.54) is 12.1 Å². The van der Waals surface area contributed by atoms with Crippen LogP contribution in [0.25, 0.3) is 16.7 Å². The van der Waals surface area contributed by atoms with E-state index in [1.807, 2.05) is 0 Å². The lowest BCUT2D eigenvalue weighted by molar-refractivity contribution is 0.628. The van der Waals surface area contributed by atoms with Crippen LogP contribution in [-0.4, -0.2) is 9.55 Å². The summed E-state index contributed by atoms with van der Waals surface area (Å²) in [4.78, 5) is 4.21. The topological polar surface area (TPSA) is 43.8 Å². The minimum Gasteiger partial charge on any atom is -0.369 e. The molecule has 0 aliphatic heterocycles. The molecule has 102 valence electrons. The number of aromatic nitrogens is 2. The van der Waals surface area contributed by atoms with Crippen LogP contribution in [0.2, 0.25) is 15.1 Å². The molecule has 20 heavy (non-hydrogen) atoms. The van der Waals surface area contributed by atoms with Crippen LogP contribution in [0.4, 0.5) is 10.3 Å². The summed E-state index contributed by atoms with van der Waals surface area (Å²) in [6, 6.07) is 8.11. The van der Waals surface area contributed by atoms with Crippen LogP contribution in [0.5, 0.6) is 0 Å². The molecule has 0 radical (unpaired) electrons. The van der Waals surface area contributed by atoms with Crippen LogP contribution in [0.15, 0.2) is 30.3 Å². The predicted octanol–water partition coefficient (Wildman–Crippen LogP) is 4.71. The molecule has 1 aromatic heterocycles. The molecule has 0 amide bonds. The third-order valence-corrected chi connectivity index (χ3v) is 3.74. The molecule has 0 fully saturated rings. The van der Waals surface area contributed by atoms with E-state index in [9.17, 15) is 4.39 Å². The monoisotopic (exact) mass is 329 g/mol. The molecule has 2 N–H and O–H groups in total. The number of nitrogens with two attached hydrogens (primary N) is 1. The van der Waals surface area contributed by atoms with Gasteiger partial charge in [-0.15, -0.1) is 0 Å². The molecule has 3 rings (SSSR count). The fourth-order valence-electron chi connectivity index (χ4n) is 2.04. The maximum atomic E-state index is 13.5. The number of fused-ring (bicyclic) bond motifs is 1. The van der Waals surface area contributed by atoms with Crippen molar-refractivity contribution < 1.29 is 4.39 Å². The van der Waals surface area contributed by atoms with Crippen LogP contribution < -0.4 is 5.73 Å². The van der Waals surface area contributed by atoms with Gasteiger partial charge in [0, 0.05) is 0 Å². The Balaban J connectivity index is 2.38. The molecule has 0 saturated carbocycles. The van der Waals surface area contributed by atoms with Crippen LogP contribution >= 0.6 is 34.8 Å². The van der Waals surface area contributed by atoms with Crippen LogP contribution in [-0.2, 0) is 0 Å². The lowest BCUT2D eigenvalue weighted by atomic mass is 10.2. The van der Waals surface area contributed by atoms with Gasteiger partial charge in [0.1, 0.15) is 0 Å². The number of rotatable bonds is 1. The second-order valence-corrected chi connectivity index (χ2v) is 5.36. The van der Waals surface area contributed by atoms with Gasteiger partial charge in [-0.3, -0.25) is 4.57 Å². The fourth-order valence-corrected chi connectivity index (χ4v) is 2.77. The van der Waals surface area contributed by atoms with E-state index in [2.05, 4.69) is 4.98 Å². The Hall–Kier alpha value is -1.49. The number of imidazole rings is 1. The molecule has 0 atom stereocenters. The molecular weight excluding hydrogens is 324 g/mol. The first-order valence-corrected chi connectivity index (χ1v) is 6.70. The number of hydrogen-bond acceptors (Lipinski definition) is 2. The minimum absolute atomic E-state index is 0.0965. The van der Waals surface area contributed by atoms with Crippen LogP contribution in [0.3, 0.4) is 0 Å². The molecule has 0 unspecified atom stereocenters. The first kappa shape index (κ1) is 13.5. The molecule has 3 nitrogen and oxygen atoms in total. The average Bonchev–Trinajstić information content (AvgIpc) is 2.73. The fraction of sp³-hybridized carbons (Fsp3) is 0. The van der Waals surface area contributed by atoms with Gasteiger partial charge < -0.3 is 5.73 Å². The van der Waals surface area contributed by atoms with Gasteiger partial charge in [0.2, 0.25) is 5.95 Å². The highest BCUT2D eigenvalue weighted by Gasteiger charge is 2.15. The smallest absolute Gasteiger partial charge is 0.205 e. The summed E-state index contributed by atoms with van der Waals surface area (Å²) in [6.45, 7) is 0. The normalized spacial score (nSPS) is 11.2. The molecule has 2 aromatic carbocycles. The Bertz CT molecular complexity index is 806. The van der Waals surface area contributed by atoms with Gasteiger partial charge in [-0.25, -0.2) is 9.37 Å². The number of hydrogen-bond donors (Lipinski definition) is 1. The van der Waals surface area contributed by atoms with Crippen molar-refractivity contribution in [1.82, 2.24) is 9.55 Å². The molecule has 0 aliphatic rings. The largest absolute Gasteiger partial charge is 0.369 e. The summed E-state index contributed by atoms with van der Waals surface area (Å²) in [5.41, 5.74) is 7.65. The SMILES string of the molecule is Nc1nc2cccc(Cl)c2n1-c1cc(Cl)c(F)c(Cl)c1. The summed E-state index contributed by atoms with van der Waals surface area (Å²) in [6.07, 6.45) is 0. The van der Waals surface area contributed by atoms with Crippen molar-refractivity contribution >= 4 is 51.8 Å². The van der Waals surface area contributed by atoms with Gasteiger partial charge in [0.25, 0.3) is 0 Å². The van der Waals surface area contributed by atoms with Gasteiger partial charge in [-0.2, -0.15) is 0 Å². The molecule has 0 saturated heterocycles. The van der Waals surface area contributed by atoms with Crippen molar-refractivity contribution in [3.63, 3.8) is 0 Å². The minimum atomic E-state index is -0.675. The average molecular weight is 331 g/mol. The zero-order chi connectivity index (χ0) is 14.4. The number of benzene rings is 2. The van der Waals surface area contributed by atoms with Gasteiger partial charge in [0.15, 0.2) is 5.82 Å². The second-order valence-electron chi connectivity index (χ2n) is 4.14. The number of anilines is 1. The summed E-state index contributed by atoms with van der Waals surface area (Å²) >= 11 is 17.8. The van der Waals surface area contributed by atoms with E-state index in [1.54, 1.807) is 22.8 Å². The van der Waals surface area contributed by atoms with E-state index in [0.717, 1.165) is 0 Å².